The fourth-order valence-electron chi connectivity index (χ4n) is 1.68. The molecule has 2 aromatic rings. The number of rotatable bonds is 4. The number of aliphatic hydroxyl groups is 1. The van der Waals surface area contributed by atoms with E-state index >= 15 is 0 Å². The summed E-state index contributed by atoms with van der Waals surface area (Å²) < 4.78 is 7.29. The molecular weight excluding hydrogens is 371 g/mol. The first kappa shape index (κ1) is 15.1. The minimum atomic E-state index is -0.803. The number of hydrogen-bond acceptors (Lipinski definition) is 3. The molecule has 0 saturated heterocycles. The van der Waals surface area contributed by atoms with E-state index in [0.717, 1.165) is 15.8 Å². The van der Waals surface area contributed by atoms with E-state index in [9.17, 15) is 5.11 Å². The van der Waals surface area contributed by atoms with Crippen LogP contribution in [0.1, 0.15) is 24.2 Å². The highest BCUT2D eigenvalue weighted by molar-refractivity contribution is 9.10. The Labute approximate surface area is 134 Å². The van der Waals surface area contributed by atoms with Crippen molar-refractivity contribution in [2.75, 3.05) is 6.61 Å². The number of ether oxygens (including phenoxy) is 1. The number of hydrogen-bond donors (Lipinski definition) is 1. The average Bonchev–Trinajstić information content (AvgIpc) is 2.70. The number of halogens is 3. The fourth-order valence-corrected chi connectivity index (χ4v) is 3.71. The van der Waals surface area contributed by atoms with Gasteiger partial charge in [0.1, 0.15) is 16.2 Å². The van der Waals surface area contributed by atoms with Gasteiger partial charge in [-0.25, -0.2) is 0 Å². The highest BCUT2D eigenvalue weighted by atomic mass is 79.9. The number of benzene rings is 1. The van der Waals surface area contributed by atoms with E-state index in [1.807, 2.05) is 25.1 Å². The summed E-state index contributed by atoms with van der Waals surface area (Å²) in [6, 6.07) is 7.12. The van der Waals surface area contributed by atoms with Gasteiger partial charge in [-0.05, 0) is 46.6 Å². The van der Waals surface area contributed by atoms with E-state index in [1.165, 1.54) is 11.3 Å². The lowest BCUT2D eigenvalue weighted by Gasteiger charge is -2.13. The second-order valence-corrected chi connectivity index (χ2v) is 6.94. The van der Waals surface area contributed by atoms with Crippen LogP contribution in [0.4, 0.5) is 0 Å². The first-order valence-corrected chi connectivity index (χ1v) is 7.94. The Morgan fingerprint density at radius 2 is 2.11 bits per heavy atom. The summed E-state index contributed by atoms with van der Waals surface area (Å²) in [6.07, 6.45) is -0.803. The van der Waals surface area contributed by atoms with Gasteiger partial charge in [0.25, 0.3) is 0 Å². The zero-order chi connectivity index (χ0) is 14.0. The molecular formula is C13H11BrCl2O2S. The van der Waals surface area contributed by atoms with Crippen LogP contribution < -0.4 is 4.74 Å². The molecule has 0 spiro atoms. The standard InChI is InChI=1S/C13H11BrCl2O2S/c1-2-18-10-4-3-7(5-9(10)14)12(17)8-6-11(15)19-13(8)16/h3-6,12,17H,2H2,1H3. The molecule has 1 N–H and O–H groups in total. The topological polar surface area (TPSA) is 29.5 Å². The zero-order valence-corrected chi connectivity index (χ0v) is 13.9. The SMILES string of the molecule is CCOc1ccc(C(O)c2cc(Cl)sc2Cl)cc1Br. The highest BCUT2D eigenvalue weighted by Crippen LogP contribution is 2.38. The van der Waals surface area contributed by atoms with Gasteiger partial charge in [0, 0.05) is 5.56 Å². The minimum absolute atomic E-state index is 0.502. The first-order valence-electron chi connectivity index (χ1n) is 5.58. The molecule has 1 atom stereocenters. The van der Waals surface area contributed by atoms with Crippen LogP contribution in [0.25, 0.3) is 0 Å². The van der Waals surface area contributed by atoms with E-state index in [-0.39, 0.29) is 0 Å². The molecule has 102 valence electrons. The molecule has 0 aliphatic carbocycles. The number of thiophene rings is 1. The zero-order valence-electron chi connectivity index (χ0n) is 9.99. The van der Waals surface area contributed by atoms with Gasteiger partial charge < -0.3 is 9.84 Å². The van der Waals surface area contributed by atoms with Crippen molar-refractivity contribution in [3.05, 3.63) is 48.5 Å². The third-order valence-corrected chi connectivity index (χ3v) is 4.69. The molecule has 0 fully saturated rings. The van der Waals surface area contributed by atoms with E-state index in [0.29, 0.717) is 20.8 Å². The molecule has 1 unspecified atom stereocenters. The third-order valence-electron chi connectivity index (χ3n) is 2.55. The summed E-state index contributed by atoms with van der Waals surface area (Å²) >= 11 is 16.6. The maximum Gasteiger partial charge on any atom is 0.133 e. The normalized spacial score (nSPS) is 12.5. The predicted octanol–water partition coefficient (Wildman–Crippen LogP) is 5.30. The van der Waals surface area contributed by atoms with Gasteiger partial charge in [0.2, 0.25) is 0 Å². The van der Waals surface area contributed by atoms with Gasteiger partial charge in [-0.2, -0.15) is 0 Å². The molecule has 2 rings (SSSR count). The van der Waals surface area contributed by atoms with Crippen molar-refractivity contribution >= 4 is 50.5 Å². The Morgan fingerprint density at radius 3 is 2.63 bits per heavy atom. The minimum Gasteiger partial charge on any atom is -0.493 e. The molecule has 0 amide bonds. The van der Waals surface area contributed by atoms with E-state index in [4.69, 9.17) is 27.9 Å². The molecule has 2 nitrogen and oxygen atoms in total. The quantitative estimate of drug-likeness (QED) is 0.778. The lowest BCUT2D eigenvalue weighted by molar-refractivity contribution is 0.220. The Bertz CT molecular complexity index is 586. The highest BCUT2D eigenvalue weighted by Gasteiger charge is 2.18. The van der Waals surface area contributed by atoms with Crippen molar-refractivity contribution in [1.82, 2.24) is 0 Å². The van der Waals surface area contributed by atoms with Gasteiger partial charge in [0.05, 0.1) is 15.4 Å². The Hall–Kier alpha value is -0.260. The largest absolute Gasteiger partial charge is 0.493 e. The molecule has 6 heteroatoms. The van der Waals surface area contributed by atoms with Crippen molar-refractivity contribution in [2.24, 2.45) is 0 Å². The summed E-state index contributed by atoms with van der Waals surface area (Å²) in [7, 11) is 0. The third kappa shape index (κ3) is 3.44. The predicted molar refractivity (Wildman–Crippen MR) is 83.7 cm³/mol. The monoisotopic (exact) mass is 380 g/mol. The van der Waals surface area contributed by atoms with Crippen LogP contribution in [-0.4, -0.2) is 11.7 Å². The molecule has 0 aliphatic heterocycles. The summed E-state index contributed by atoms with van der Waals surface area (Å²) in [5.74, 6) is 0.743. The summed E-state index contributed by atoms with van der Waals surface area (Å²) in [4.78, 5) is 0. The van der Waals surface area contributed by atoms with E-state index in [1.54, 1.807) is 6.07 Å². The molecule has 19 heavy (non-hydrogen) atoms. The van der Waals surface area contributed by atoms with Gasteiger partial charge in [-0.1, -0.05) is 29.3 Å². The first-order chi connectivity index (χ1) is 9.02. The lowest BCUT2D eigenvalue weighted by Crippen LogP contribution is -2.00. The second-order valence-electron chi connectivity index (χ2n) is 3.80. The molecule has 0 bridgehead atoms. The molecule has 1 aromatic carbocycles. The molecule has 1 heterocycles. The molecule has 1 aromatic heterocycles. The maximum atomic E-state index is 10.3. The van der Waals surface area contributed by atoms with Crippen LogP contribution in [-0.2, 0) is 0 Å². The Balaban J connectivity index is 2.31. The van der Waals surface area contributed by atoms with Gasteiger partial charge in [-0.15, -0.1) is 11.3 Å². The van der Waals surface area contributed by atoms with Crippen LogP contribution in [0.3, 0.4) is 0 Å². The van der Waals surface area contributed by atoms with E-state index in [2.05, 4.69) is 15.9 Å². The van der Waals surface area contributed by atoms with Crippen LogP contribution >= 0.6 is 50.5 Å². The van der Waals surface area contributed by atoms with Crippen molar-refractivity contribution in [3.8, 4) is 5.75 Å². The summed E-state index contributed by atoms with van der Waals surface area (Å²) in [6.45, 7) is 2.51. The fraction of sp³-hybridized carbons (Fsp3) is 0.231. The molecule has 0 aliphatic rings. The van der Waals surface area contributed by atoms with Crippen molar-refractivity contribution in [1.29, 1.82) is 0 Å². The van der Waals surface area contributed by atoms with E-state index < -0.39 is 6.10 Å². The van der Waals surface area contributed by atoms with Crippen LogP contribution in [0.5, 0.6) is 5.75 Å². The summed E-state index contributed by atoms with van der Waals surface area (Å²) in [5.41, 5.74) is 1.35. The van der Waals surface area contributed by atoms with Crippen molar-refractivity contribution < 1.29 is 9.84 Å². The molecule has 0 saturated carbocycles. The van der Waals surface area contributed by atoms with Crippen LogP contribution in [0.2, 0.25) is 8.67 Å². The maximum absolute atomic E-state index is 10.3. The van der Waals surface area contributed by atoms with Gasteiger partial charge in [0.15, 0.2) is 0 Å². The van der Waals surface area contributed by atoms with Crippen LogP contribution in [0.15, 0.2) is 28.7 Å². The molecule has 0 radical (unpaired) electrons. The smallest absolute Gasteiger partial charge is 0.133 e. The average molecular weight is 382 g/mol. The second kappa shape index (κ2) is 6.46. The van der Waals surface area contributed by atoms with Gasteiger partial charge >= 0.3 is 0 Å². The summed E-state index contributed by atoms with van der Waals surface area (Å²) in [5, 5.41) is 10.3. The Morgan fingerprint density at radius 1 is 1.37 bits per heavy atom. The van der Waals surface area contributed by atoms with Crippen molar-refractivity contribution in [2.45, 2.75) is 13.0 Å². The van der Waals surface area contributed by atoms with Crippen molar-refractivity contribution in [3.63, 3.8) is 0 Å². The van der Waals surface area contributed by atoms with Crippen LogP contribution in [0, 0.1) is 0 Å². The Kier molecular flexibility index (Phi) is 5.15. The lowest BCUT2D eigenvalue weighted by atomic mass is 10.0. The van der Waals surface area contributed by atoms with Gasteiger partial charge in [-0.3, -0.25) is 0 Å². The number of aliphatic hydroxyl groups excluding tert-OH is 1.